The molecule has 0 spiro atoms. The number of nitrogens with zero attached hydrogens (tertiary/aromatic N) is 1. The van der Waals surface area contributed by atoms with E-state index in [9.17, 15) is 13.2 Å². The van der Waals surface area contributed by atoms with Crippen molar-refractivity contribution in [1.29, 1.82) is 0 Å². The highest BCUT2D eigenvalue weighted by Crippen LogP contribution is 2.24. The lowest BCUT2D eigenvalue weighted by Crippen LogP contribution is -2.35. The van der Waals surface area contributed by atoms with E-state index in [2.05, 4.69) is 5.32 Å². The van der Waals surface area contributed by atoms with Crippen LogP contribution in [0, 0.1) is 0 Å². The second kappa shape index (κ2) is 10.4. The van der Waals surface area contributed by atoms with Crippen molar-refractivity contribution in [3.05, 3.63) is 59.7 Å². The van der Waals surface area contributed by atoms with E-state index in [0.29, 0.717) is 30.1 Å². The molecule has 1 atom stereocenters. The normalized spacial score (nSPS) is 12.6. The zero-order chi connectivity index (χ0) is 21.4. The van der Waals surface area contributed by atoms with Gasteiger partial charge in [-0.3, -0.25) is 4.79 Å². The van der Waals surface area contributed by atoms with Crippen LogP contribution in [0.15, 0.2) is 53.4 Å². The maximum atomic E-state index is 12.8. The molecule has 2 aromatic carbocycles. The molecule has 29 heavy (non-hydrogen) atoms. The highest BCUT2D eigenvalue weighted by atomic mass is 32.2. The Morgan fingerprint density at radius 3 is 2.48 bits per heavy atom. The van der Waals surface area contributed by atoms with Crippen LogP contribution in [0.4, 0.5) is 0 Å². The lowest BCUT2D eigenvalue weighted by atomic mass is 10.1. The number of carbonyl (C=O) groups is 1. The summed E-state index contributed by atoms with van der Waals surface area (Å²) in [5.41, 5.74) is 1.04. The van der Waals surface area contributed by atoms with Gasteiger partial charge in [0.1, 0.15) is 5.75 Å². The van der Waals surface area contributed by atoms with Gasteiger partial charge in [-0.1, -0.05) is 18.2 Å². The molecule has 158 valence electrons. The van der Waals surface area contributed by atoms with Gasteiger partial charge in [0.25, 0.3) is 5.91 Å². The molecule has 2 rings (SSSR count). The quantitative estimate of drug-likeness (QED) is 0.639. The standard InChI is InChI=1S/C21H28N2O5S/c1-5-28-20-12-11-17(21(24)22-16(2)15-27-4)13-18(20)14-23(3)29(25,26)19-9-7-6-8-10-19/h6-13,16H,5,14-15H2,1-4H3,(H,22,24). The average molecular weight is 421 g/mol. The van der Waals surface area contributed by atoms with Crippen molar-refractivity contribution in [3.8, 4) is 5.75 Å². The zero-order valence-electron chi connectivity index (χ0n) is 17.2. The van der Waals surface area contributed by atoms with Crippen LogP contribution in [-0.4, -0.2) is 52.0 Å². The first kappa shape index (κ1) is 22.9. The molecule has 0 heterocycles. The third kappa shape index (κ3) is 6.03. The Bertz CT molecular complexity index is 916. The topological polar surface area (TPSA) is 84.9 Å². The fourth-order valence-electron chi connectivity index (χ4n) is 2.84. The number of sulfonamides is 1. The summed E-state index contributed by atoms with van der Waals surface area (Å²) in [6.07, 6.45) is 0. The summed E-state index contributed by atoms with van der Waals surface area (Å²) < 4.78 is 37.6. The van der Waals surface area contributed by atoms with Gasteiger partial charge >= 0.3 is 0 Å². The number of hydrogen-bond donors (Lipinski definition) is 1. The first-order valence-corrected chi connectivity index (χ1v) is 10.8. The molecule has 1 amide bonds. The van der Waals surface area contributed by atoms with Crippen molar-refractivity contribution in [2.24, 2.45) is 0 Å². The number of methoxy groups -OCH3 is 1. The van der Waals surface area contributed by atoms with Crippen LogP contribution in [0.2, 0.25) is 0 Å². The average Bonchev–Trinajstić information content (AvgIpc) is 2.70. The monoisotopic (exact) mass is 420 g/mol. The smallest absolute Gasteiger partial charge is 0.251 e. The molecule has 0 aliphatic rings. The van der Waals surface area contributed by atoms with Crippen molar-refractivity contribution < 1.29 is 22.7 Å². The fourth-order valence-corrected chi connectivity index (χ4v) is 4.01. The molecular weight excluding hydrogens is 392 g/mol. The predicted octanol–water partition coefficient (Wildman–Crippen LogP) is 2.67. The minimum atomic E-state index is -3.67. The zero-order valence-corrected chi connectivity index (χ0v) is 18.0. The molecule has 0 bridgehead atoms. The van der Waals surface area contributed by atoms with E-state index < -0.39 is 10.0 Å². The Morgan fingerprint density at radius 2 is 1.86 bits per heavy atom. The summed E-state index contributed by atoms with van der Waals surface area (Å²) >= 11 is 0. The van der Waals surface area contributed by atoms with Gasteiger partial charge in [-0.05, 0) is 44.2 Å². The molecule has 1 N–H and O–H groups in total. The van der Waals surface area contributed by atoms with Crippen LogP contribution in [0.1, 0.15) is 29.8 Å². The van der Waals surface area contributed by atoms with E-state index in [1.807, 2.05) is 13.8 Å². The summed E-state index contributed by atoms with van der Waals surface area (Å²) in [6, 6.07) is 13.1. The SMILES string of the molecule is CCOc1ccc(C(=O)NC(C)COC)cc1CN(C)S(=O)(=O)c1ccccc1. The van der Waals surface area contributed by atoms with Gasteiger partial charge in [0, 0.05) is 37.9 Å². The largest absolute Gasteiger partial charge is 0.494 e. The second-order valence-electron chi connectivity index (χ2n) is 6.66. The van der Waals surface area contributed by atoms with Crippen LogP contribution in [0.25, 0.3) is 0 Å². The third-order valence-electron chi connectivity index (χ3n) is 4.26. The van der Waals surface area contributed by atoms with Crippen molar-refractivity contribution in [2.75, 3.05) is 27.4 Å². The Balaban J connectivity index is 2.28. The van der Waals surface area contributed by atoms with Crippen molar-refractivity contribution >= 4 is 15.9 Å². The van der Waals surface area contributed by atoms with Crippen LogP contribution in [-0.2, 0) is 21.3 Å². The van der Waals surface area contributed by atoms with Crippen LogP contribution in [0.3, 0.4) is 0 Å². The van der Waals surface area contributed by atoms with E-state index in [4.69, 9.17) is 9.47 Å². The minimum Gasteiger partial charge on any atom is -0.494 e. The van der Waals surface area contributed by atoms with Crippen LogP contribution in [0.5, 0.6) is 5.75 Å². The van der Waals surface area contributed by atoms with Gasteiger partial charge in [0.2, 0.25) is 10.0 Å². The summed E-state index contributed by atoms with van der Waals surface area (Å²) in [7, 11) is -0.592. The van der Waals surface area contributed by atoms with E-state index in [0.717, 1.165) is 0 Å². The molecule has 0 fully saturated rings. The number of nitrogens with one attached hydrogen (secondary N) is 1. The maximum Gasteiger partial charge on any atom is 0.251 e. The predicted molar refractivity (Wildman–Crippen MR) is 112 cm³/mol. The van der Waals surface area contributed by atoms with Gasteiger partial charge < -0.3 is 14.8 Å². The van der Waals surface area contributed by atoms with Gasteiger partial charge in [0.05, 0.1) is 18.1 Å². The number of ether oxygens (including phenoxy) is 2. The Morgan fingerprint density at radius 1 is 1.17 bits per heavy atom. The lowest BCUT2D eigenvalue weighted by molar-refractivity contribution is 0.0905. The minimum absolute atomic E-state index is 0.0707. The van der Waals surface area contributed by atoms with Crippen LogP contribution < -0.4 is 10.1 Å². The summed E-state index contributed by atoms with van der Waals surface area (Å²) in [5, 5.41) is 2.85. The molecule has 1 unspecified atom stereocenters. The van der Waals surface area contributed by atoms with Crippen molar-refractivity contribution in [1.82, 2.24) is 9.62 Å². The molecule has 2 aromatic rings. The number of benzene rings is 2. The highest BCUT2D eigenvalue weighted by molar-refractivity contribution is 7.89. The van der Waals surface area contributed by atoms with E-state index in [1.165, 1.54) is 11.4 Å². The van der Waals surface area contributed by atoms with Crippen molar-refractivity contribution in [2.45, 2.75) is 31.3 Å². The number of rotatable bonds is 10. The number of amides is 1. The first-order valence-electron chi connectivity index (χ1n) is 9.36. The number of hydrogen-bond acceptors (Lipinski definition) is 5. The molecule has 0 aliphatic heterocycles. The number of carbonyl (C=O) groups excluding carboxylic acids is 1. The molecule has 0 aromatic heterocycles. The molecular formula is C21H28N2O5S. The van der Waals surface area contributed by atoms with E-state index in [-0.39, 0.29) is 23.4 Å². The summed E-state index contributed by atoms with van der Waals surface area (Å²) in [5.74, 6) is 0.288. The molecule has 7 nitrogen and oxygen atoms in total. The summed E-state index contributed by atoms with van der Waals surface area (Å²) in [6.45, 7) is 4.59. The molecule has 8 heteroatoms. The van der Waals surface area contributed by atoms with Gasteiger partial charge in [-0.2, -0.15) is 4.31 Å². The Hall–Kier alpha value is -2.42. The van der Waals surface area contributed by atoms with Gasteiger partial charge in [-0.15, -0.1) is 0 Å². The molecule has 0 saturated carbocycles. The van der Waals surface area contributed by atoms with E-state index in [1.54, 1.807) is 55.6 Å². The van der Waals surface area contributed by atoms with E-state index >= 15 is 0 Å². The van der Waals surface area contributed by atoms with Crippen molar-refractivity contribution in [3.63, 3.8) is 0 Å². The Kier molecular flexibility index (Phi) is 8.19. The second-order valence-corrected chi connectivity index (χ2v) is 8.70. The molecule has 0 saturated heterocycles. The lowest BCUT2D eigenvalue weighted by Gasteiger charge is -2.20. The Labute approximate surface area is 172 Å². The molecule has 0 radical (unpaired) electrons. The van der Waals surface area contributed by atoms with Gasteiger partial charge in [-0.25, -0.2) is 8.42 Å². The third-order valence-corrected chi connectivity index (χ3v) is 6.08. The molecule has 0 aliphatic carbocycles. The maximum absolute atomic E-state index is 12.8. The fraction of sp³-hybridized carbons (Fsp3) is 0.381. The van der Waals surface area contributed by atoms with Gasteiger partial charge in [0.15, 0.2) is 0 Å². The highest BCUT2D eigenvalue weighted by Gasteiger charge is 2.22. The first-order chi connectivity index (χ1) is 13.8. The van der Waals surface area contributed by atoms with Crippen LogP contribution >= 0.6 is 0 Å². The summed E-state index contributed by atoms with van der Waals surface area (Å²) in [4.78, 5) is 12.7.